The Hall–Kier alpha value is -1.87. The molecule has 3 aromatic rings. The number of aryl methyl sites for hydroxylation is 1. The van der Waals surface area contributed by atoms with Gasteiger partial charge in [0.05, 0.1) is 5.75 Å². The van der Waals surface area contributed by atoms with Crippen molar-refractivity contribution in [2.75, 3.05) is 11.1 Å². The quantitative estimate of drug-likeness (QED) is 0.454. The molecule has 122 valence electrons. The number of aromatic nitrogens is 3. The first-order valence-electron chi connectivity index (χ1n) is 7.28. The normalized spacial score (nSPS) is 10.6. The molecule has 0 bridgehead atoms. The van der Waals surface area contributed by atoms with Crippen LogP contribution in [0.5, 0.6) is 0 Å². The van der Waals surface area contributed by atoms with Crippen LogP contribution in [0.1, 0.15) is 5.56 Å². The summed E-state index contributed by atoms with van der Waals surface area (Å²) in [5, 5.41) is 10.5. The minimum atomic E-state index is -0.0801. The molecule has 0 atom stereocenters. The van der Waals surface area contributed by atoms with Gasteiger partial charge in [0.2, 0.25) is 11.1 Å². The Morgan fingerprint density at radius 3 is 2.71 bits per heavy atom. The fourth-order valence-electron chi connectivity index (χ4n) is 2.13. The summed E-state index contributed by atoms with van der Waals surface area (Å²) >= 11 is 3.53. The molecule has 2 N–H and O–H groups in total. The van der Waals surface area contributed by atoms with Crippen LogP contribution in [0, 0.1) is 10.5 Å². The maximum absolute atomic E-state index is 12.0. The second-order valence-electron chi connectivity index (χ2n) is 5.13. The first-order chi connectivity index (χ1) is 11.6. The first-order valence-corrected chi connectivity index (χ1v) is 9.35. The van der Waals surface area contributed by atoms with Crippen LogP contribution in [0.15, 0.2) is 53.7 Å². The number of H-pyrrole nitrogens is 1. The molecular weight excluding hydrogens is 435 g/mol. The van der Waals surface area contributed by atoms with Crippen LogP contribution in [-0.2, 0) is 4.79 Å². The van der Waals surface area contributed by atoms with Crippen molar-refractivity contribution in [3.8, 4) is 11.4 Å². The minimum absolute atomic E-state index is 0.0801. The Labute approximate surface area is 157 Å². The average Bonchev–Trinajstić information content (AvgIpc) is 3.04. The highest BCUT2D eigenvalue weighted by Gasteiger charge is 2.10. The zero-order valence-corrected chi connectivity index (χ0v) is 15.9. The fraction of sp³-hybridized carbons (Fsp3) is 0.118. The van der Waals surface area contributed by atoms with Crippen molar-refractivity contribution in [3.05, 3.63) is 57.7 Å². The van der Waals surface area contributed by atoms with E-state index in [9.17, 15) is 4.79 Å². The summed E-state index contributed by atoms with van der Waals surface area (Å²) in [6, 6.07) is 15.6. The molecule has 0 aliphatic heterocycles. The van der Waals surface area contributed by atoms with E-state index in [0.29, 0.717) is 11.0 Å². The summed E-state index contributed by atoms with van der Waals surface area (Å²) in [5.74, 6) is 0.897. The number of anilines is 1. The van der Waals surface area contributed by atoms with Crippen LogP contribution in [0.4, 0.5) is 5.69 Å². The Morgan fingerprint density at radius 1 is 1.21 bits per heavy atom. The molecule has 0 fully saturated rings. The molecule has 1 aromatic heterocycles. The lowest BCUT2D eigenvalue weighted by molar-refractivity contribution is -0.113. The van der Waals surface area contributed by atoms with Gasteiger partial charge in [-0.1, -0.05) is 36.0 Å². The largest absolute Gasteiger partial charge is 0.325 e. The molecule has 2 aromatic carbocycles. The summed E-state index contributed by atoms with van der Waals surface area (Å²) in [7, 11) is 0. The number of benzene rings is 2. The maximum atomic E-state index is 12.0. The molecule has 24 heavy (non-hydrogen) atoms. The van der Waals surface area contributed by atoms with Crippen LogP contribution in [0.25, 0.3) is 11.4 Å². The third-order valence-electron chi connectivity index (χ3n) is 3.33. The molecule has 1 amide bonds. The van der Waals surface area contributed by atoms with Gasteiger partial charge in [0, 0.05) is 14.8 Å². The molecule has 0 spiro atoms. The van der Waals surface area contributed by atoms with Crippen molar-refractivity contribution in [3.63, 3.8) is 0 Å². The van der Waals surface area contributed by atoms with Crippen molar-refractivity contribution >= 4 is 45.9 Å². The van der Waals surface area contributed by atoms with Gasteiger partial charge in [0.15, 0.2) is 5.82 Å². The number of hydrogen-bond acceptors (Lipinski definition) is 4. The van der Waals surface area contributed by atoms with Crippen LogP contribution >= 0.6 is 34.4 Å². The number of halogens is 1. The third kappa shape index (κ3) is 4.35. The minimum Gasteiger partial charge on any atom is -0.325 e. The molecule has 0 aliphatic carbocycles. The molecule has 7 heteroatoms. The lowest BCUT2D eigenvalue weighted by Crippen LogP contribution is -2.14. The molecule has 0 aliphatic rings. The van der Waals surface area contributed by atoms with E-state index in [1.807, 2.05) is 55.5 Å². The van der Waals surface area contributed by atoms with Gasteiger partial charge in [-0.25, -0.2) is 4.98 Å². The second-order valence-corrected chi connectivity index (χ2v) is 7.31. The zero-order chi connectivity index (χ0) is 16.9. The predicted molar refractivity (Wildman–Crippen MR) is 105 cm³/mol. The summed E-state index contributed by atoms with van der Waals surface area (Å²) in [6.45, 7) is 2.03. The number of carbonyl (C=O) groups is 1. The smallest absolute Gasteiger partial charge is 0.234 e. The van der Waals surface area contributed by atoms with Gasteiger partial charge in [0.1, 0.15) is 0 Å². The van der Waals surface area contributed by atoms with Crippen LogP contribution < -0.4 is 5.32 Å². The number of carbonyl (C=O) groups excluding carboxylic acids is 1. The fourth-order valence-corrected chi connectivity index (χ4v) is 3.09. The van der Waals surface area contributed by atoms with Crippen molar-refractivity contribution in [2.24, 2.45) is 0 Å². The molecule has 3 rings (SSSR count). The van der Waals surface area contributed by atoms with Crippen molar-refractivity contribution in [2.45, 2.75) is 12.1 Å². The van der Waals surface area contributed by atoms with Crippen LogP contribution in [0.3, 0.4) is 0 Å². The molecule has 5 nitrogen and oxygen atoms in total. The number of thioether (sulfide) groups is 1. The van der Waals surface area contributed by atoms with E-state index in [0.717, 1.165) is 20.4 Å². The number of hydrogen-bond donors (Lipinski definition) is 2. The van der Waals surface area contributed by atoms with Gasteiger partial charge in [0.25, 0.3) is 0 Å². The van der Waals surface area contributed by atoms with Crippen molar-refractivity contribution < 1.29 is 4.79 Å². The standard InChI is InChI=1S/C17H15IN4OS/c1-11-4-2-3-5-14(11)16-20-17(22-21-16)24-10-15(23)19-13-8-6-12(18)7-9-13/h2-9H,10H2,1H3,(H,19,23)(H,20,21,22). The molecule has 0 unspecified atom stereocenters. The summed E-state index contributed by atoms with van der Waals surface area (Å²) in [6.07, 6.45) is 0. The van der Waals surface area contributed by atoms with Crippen molar-refractivity contribution in [1.29, 1.82) is 0 Å². The van der Waals surface area contributed by atoms with E-state index in [2.05, 4.69) is 43.1 Å². The summed E-state index contributed by atoms with van der Waals surface area (Å²) in [5.41, 5.74) is 2.93. The number of rotatable bonds is 5. The van der Waals surface area contributed by atoms with Gasteiger partial charge in [-0.05, 0) is 59.3 Å². The number of aromatic amines is 1. The highest BCUT2D eigenvalue weighted by Crippen LogP contribution is 2.22. The van der Waals surface area contributed by atoms with E-state index >= 15 is 0 Å². The second kappa shape index (κ2) is 7.80. The van der Waals surface area contributed by atoms with Crippen molar-refractivity contribution in [1.82, 2.24) is 15.2 Å². The lowest BCUT2D eigenvalue weighted by Gasteiger charge is -2.03. The molecule has 0 saturated heterocycles. The molecule has 0 radical (unpaired) electrons. The Kier molecular flexibility index (Phi) is 5.52. The van der Waals surface area contributed by atoms with E-state index in [1.165, 1.54) is 11.8 Å². The van der Waals surface area contributed by atoms with E-state index in [1.54, 1.807) is 0 Å². The number of nitrogens with one attached hydrogen (secondary N) is 2. The SMILES string of the molecule is Cc1ccccc1-c1nc(SCC(=O)Nc2ccc(I)cc2)n[nH]1. The predicted octanol–water partition coefficient (Wildman–Crippen LogP) is 4.12. The number of amides is 1. The van der Waals surface area contributed by atoms with Crippen LogP contribution in [-0.4, -0.2) is 26.8 Å². The topological polar surface area (TPSA) is 70.7 Å². The average molecular weight is 450 g/mol. The summed E-state index contributed by atoms with van der Waals surface area (Å²) in [4.78, 5) is 16.4. The molecule has 0 saturated carbocycles. The van der Waals surface area contributed by atoms with Gasteiger partial charge < -0.3 is 5.32 Å². The maximum Gasteiger partial charge on any atom is 0.234 e. The lowest BCUT2D eigenvalue weighted by atomic mass is 10.1. The number of nitrogens with zero attached hydrogens (tertiary/aromatic N) is 2. The van der Waals surface area contributed by atoms with Gasteiger partial charge in [-0.3, -0.25) is 9.89 Å². The third-order valence-corrected chi connectivity index (χ3v) is 4.89. The van der Waals surface area contributed by atoms with Gasteiger partial charge in [-0.2, -0.15) is 0 Å². The highest BCUT2D eigenvalue weighted by molar-refractivity contribution is 14.1. The van der Waals surface area contributed by atoms with E-state index in [4.69, 9.17) is 0 Å². The zero-order valence-electron chi connectivity index (χ0n) is 12.9. The molecular formula is C17H15IN4OS. The highest BCUT2D eigenvalue weighted by atomic mass is 127. The first kappa shape index (κ1) is 17.0. The monoisotopic (exact) mass is 450 g/mol. The van der Waals surface area contributed by atoms with E-state index < -0.39 is 0 Å². The Balaban J connectivity index is 1.58. The van der Waals surface area contributed by atoms with E-state index in [-0.39, 0.29) is 11.7 Å². The molecule has 1 heterocycles. The van der Waals surface area contributed by atoms with Gasteiger partial charge in [-0.15, -0.1) is 5.10 Å². The Bertz CT molecular complexity index is 848. The summed E-state index contributed by atoms with van der Waals surface area (Å²) < 4.78 is 1.13. The van der Waals surface area contributed by atoms with Gasteiger partial charge >= 0.3 is 0 Å². The van der Waals surface area contributed by atoms with Crippen LogP contribution in [0.2, 0.25) is 0 Å². The Morgan fingerprint density at radius 2 is 1.96 bits per heavy atom.